The lowest BCUT2D eigenvalue weighted by molar-refractivity contribution is 0.0275. The molecule has 0 aliphatic heterocycles. The number of nitrogens with two attached hydrogens (primary N) is 1. The third-order valence-electron chi connectivity index (χ3n) is 3.24. The first-order chi connectivity index (χ1) is 9.69. The molecule has 0 saturated carbocycles. The Balaban J connectivity index is 3.08. The zero-order chi connectivity index (χ0) is 15.0. The first-order valence-electron chi connectivity index (χ1n) is 7.00. The van der Waals surface area contributed by atoms with E-state index in [1.165, 1.54) is 0 Å². The molecule has 1 aromatic rings. The van der Waals surface area contributed by atoms with Crippen LogP contribution >= 0.6 is 0 Å². The zero-order valence-corrected chi connectivity index (χ0v) is 12.8. The second-order valence-corrected chi connectivity index (χ2v) is 4.57. The van der Waals surface area contributed by atoms with Crippen molar-refractivity contribution in [2.45, 2.75) is 38.8 Å². The van der Waals surface area contributed by atoms with Crippen LogP contribution in [0.5, 0.6) is 11.5 Å². The molecule has 0 aromatic heterocycles. The Hall–Kier alpha value is -1.30. The lowest BCUT2D eigenvalue weighted by atomic mass is 9.98. The fourth-order valence-corrected chi connectivity index (χ4v) is 2.27. The number of hydrogen-bond donors (Lipinski definition) is 2. The summed E-state index contributed by atoms with van der Waals surface area (Å²) in [5.41, 5.74) is 3.85. The van der Waals surface area contributed by atoms with Crippen molar-refractivity contribution in [2.24, 2.45) is 5.84 Å². The Bertz CT molecular complexity index is 370. The van der Waals surface area contributed by atoms with Crippen LogP contribution in [-0.2, 0) is 4.74 Å². The Kier molecular flexibility index (Phi) is 7.36. The highest BCUT2D eigenvalue weighted by atomic mass is 16.5. The van der Waals surface area contributed by atoms with Crippen LogP contribution in [-0.4, -0.2) is 26.9 Å². The lowest BCUT2D eigenvalue weighted by Gasteiger charge is -2.27. The van der Waals surface area contributed by atoms with Crippen molar-refractivity contribution in [3.05, 3.63) is 23.8 Å². The average molecular weight is 282 g/mol. The van der Waals surface area contributed by atoms with E-state index in [1.54, 1.807) is 14.2 Å². The molecule has 2 unspecified atom stereocenters. The minimum Gasteiger partial charge on any atom is -0.497 e. The third kappa shape index (κ3) is 4.37. The number of methoxy groups -OCH3 is 2. The van der Waals surface area contributed by atoms with Crippen LogP contribution < -0.4 is 20.7 Å². The first kappa shape index (κ1) is 16.8. The van der Waals surface area contributed by atoms with E-state index in [0.717, 1.165) is 29.9 Å². The highest BCUT2D eigenvalue weighted by Gasteiger charge is 2.23. The SMILES string of the molecule is CCCC(OCC)C(NN)c1cc(OC)cc(OC)c1. The molecule has 0 heterocycles. The molecule has 0 saturated heterocycles. The maximum atomic E-state index is 5.81. The molecule has 0 radical (unpaired) electrons. The summed E-state index contributed by atoms with van der Waals surface area (Å²) < 4.78 is 16.4. The fraction of sp³-hybridized carbons (Fsp3) is 0.600. The quantitative estimate of drug-likeness (QED) is 0.538. The van der Waals surface area contributed by atoms with Crippen LogP contribution in [0.3, 0.4) is 0 Å². The van der Waals surface area contributed by atoms with E-state index in [0.29, 0.717) is 6.61 Å². The smallest absolute Gasteiger partial charge is 0.122 e. The monoisotopic (exact) mass is 282 g/mol. The zero-order valence-electron chi connectivity index (χ0n) is 12.8. The summed E-state index contributed by atoms with van der Waals surface area (Å²) in [4.78, 5) is 0. The minimum absolute atomic E-state index is 0.0202. The van der Waals surface area contributed by atoms with Crippen LogP contribution in [0.25, 0.3) is 0 Å². The molecule has 0 spiro atoms. The van der Waals surface area contributed by atoms with E-state index in [2.05, 4.69) is 12.3 Å². The van der Waals surface area contributed by atoms with Gasteiger partial charge in [-0.3, -0.25) is 11.3 Å². The summed E-state index contributed by atoms with van der Waals surface area (Å²) in [7, 11) is 3.27. The van der Waals surface area contributed by atoms with Crippen LogP contribution in [0.2, 0.25) is 0 Å². The van der Waals surface area contributed by atoms with Crippen molar-refractivity contribution in [1.29, 1.82) is 0 Å². The van der Waals surface area contributed by atoms with Crippen molar-refractivity contribution in [2.75, 3.05) is 20.8 Å². The highest BCUT2D eigenvalue weighted by molar-refractivity contribution is 5.40. The Morgan fingerprint density at radius 3 is 2.10 bits per heavy atom. The number of ether oxygens (including phenoxy) is 3. The van der Waals surface area contributed by atoms with Gasteiger partial charge in [0.15, 0.2) is 0 Å². The van der Waals surface area contributed by atoms with Gasteiger partial charge in [0.2, 0.25) is 0 Å². The lowest BCUT2D eigenvalue weighted by Crippen LogP contribution is -2.38. The molecule has 20 heavy (non-hydrogen) atoms. The Morgan fingerprint density at radius 1 is 1.10 bits per heavy atom. The summed E-state index contributed by atoms with van der Waals surface area (Å²) in [6.45, 7) is 4.78. The normalized spacial score (nSPS) is 13.8. The standard InChI is InChI=1S/C15H26N2O3/c1-5-7-14(20-6-2)15(17-16)11-8-12(18-3)10-13(9-11)19-4/h8-10,14-15,17H,5-7,16H2,1-4H3. The van der Waals surface area contributed by atoms with E-state index >= 15 is 0 Å². The van der Waals surface area contributed by atoms with Crippen LogP contribution in [0.4, 0.5) is 0 Å². The van der Waals surface area contributed by atoms with E-state index < -0.39 is 0 Å². The van der Waals surface area contributed by atoms with Gasteiger partial charge in [-0.25, -0.2) is 0 Å². The predicted octanol–water partition coefficient (Wildman–Crippen LogP) is 2.41. The highest BCUT2D eigenvalue weighted by Crippen LogP contribution is 2.29. The summed E-state index contributed by atoms with van der Waals surface area (Å²) in [5.74, 6) is 7.22. The molecule has 0 amide bonds. The third-order valence-corrected chi connectivity index (χ3v) is 3.24. The largest absolute Gasteiger partial charge is 0.497 e. The molecule has 0 aliphatic carbocycles. The topological polar surface area (TPSA) is 65.7 Å². The van der Waals surface area contributed by atoms with E-state index in [1.807, 2.05) is 25.1 Å². The molecule has 0 bridgehead atoms. The van der Waals surface area contributed by atoms with Gasteiger partial charge >= 0.3 is 0 Å². The number of rotatable bonds is 9. The van der Waals surface area contributed by atoms with Gasteiger partial charge in [-0.1, -0.05) is 13.3 Å². The van der Waals surface area contributed by atoms with Crippen LogP contribution in [0.15, 0.2) is 18.2 Å². The second-order valence-electron chi connectivity index (χ2n) is 4.57. The van der Waals surface area contributed by atoms with Crippen molar-refractivity contribution in [3.8, 4) is 11.5 Å². The average Bonchev–Trinajstić information content (AvgIpc) is 2.48. The second kappa shape index (κ2) is 8.79. The van der Waals surface area contributed by atoms with E-state index in [4.69, 9.17) is 20.1 Å². The van der Waals surface area contributed by atoms with Gasteiger partial charge in [-0.2, -0.15) is 0 Å². The number of benzene rings is 1. The molecule has 3 N–H and O–H groups in total. The Labute approximate surface area is 121 Å². The van der Waals surface area contributed by atoms with E-state index in [-0.39, 0.29) is 12.1 Å². The van der Waals surface area contributed by atoms with Gasteiger partial charge in [0, 0.05) is 12.7 Å². The van der Waals surface area contributed by atoms with Gasteiger partial charge in [-0.05, 0) is 31.0 Å². The van der Waals surface area contributed by atoms with Gasteiger partial charge in [-0.15, -0.1) is 0 Å². The maximum absolute atomic E-state index is 5.81. The summed E-state index contributed by atoms with van der Waals surface area (Å²) in [5, 5.41) is 0. The maximum Gasteiger partial charge on any atom is 0.122 e. The predicted molar refractivity (Wildman–Crippen MR) is 79.9 cm³/mol. The molecule has 5 heteroatoms. The number of hydrogen-bond acceptors (Lipinski definition) is 5. The molecule has 0 fully saturated rings. The van der Waals surface area contributed by atoms with Gasteiger partial charge in [0.1, 0.15) is 11.5 Å². The van der Waals surface area contributed by atoms with Gasteiger partial charge < -0.3 is 14.2 Å². The van der Waals surface area contributed by atoms with Crippen molar-refractivity contribution >= 4 is 0 Å². The minimum atomic E-state index is -0.0982. The summed E-state index contributed by atoms with van der Waals surface area (Å²) in [6.07, 6.45) is 1.98. The van der Waals surface area contributed by atoms with Gasteiger partial charge in [0.05, 0.1) is 26.4 Å². The van der Waals surface area contributed by atoms with Crippen molar-refractivity contribution in [3.63, 3.8) is 0 Å². The van der Waals surface area contributed by atoms with E-state index in [9.17, 15) is 0 Å². The molecular formula is C15H26N2O3. The number of hydrazine groups is 1. The van der Waals surface area contributed by atoms with Crippen molar-refractivity contribution < 1.29 is 14.2 Å². The molecule has 1 aromatic carbocycles. The fourth-order valence-electron chi connectivity index (χ4n) is 2.27. The van der Waals surface area contributed by atoms with Crippen molar-refractivity contribution in [1.82, 2.24) is 5.43 Å². The molecule has 0 aliphatic rings. The molecule has 5 nitrogen and oxygen atoms in total. The van der Waals surface area contributed by atoms with Crippen LogP contribution in [0.1, 0.15) is 38.3 Å². The van der Waals surface area contributed by atoms with Crippen LogP contribution in [0, 0.1) is 0 Å². The summed E-state index contributed by atoms with van der Waals surface area (Å²) >= 11 is 0. The number of nitrogens with one attached hydrogen (secondary N) is 1. The molecular weight excluding hydrogens is 256 g/mol. The Morgan fingerprint density at radius 2 is 1.70 bits per heavy atom. The molecule has 1 rings (SSSR count). The molecule has 2 atom stereocenters. The first-order valence-corrected chi connectivity index (χ1v) is 7.00. The molecule has 114 valence electrons. The summed E-state index contributed by atoms with van der Waals surface area (Å²) in [6, 6.07) is 5.65. The van der Waals surface area contributed by atoms with Gasteiger partial charge in [0.25, 0.3) is 0 Å².